The Morgan fingerprint density at radius 1 is 0.547 bits per heavy atom. The van der Waals surface area contributed by atoms with E-state index in [2.05, 4.69) is 21.3 Å². The third kappa shape index (κ3) is 25.5. The number of methoxy groups -OCH3 is 1. The quantitative estimate of drug-likeness (QED) is 0.0545. The van der Waals surface area contributed by atoms with E-state index in [1.54, 1.807) is 60.6 Å². The van der Waals surface area contributed by atoms with E-state index >= 15 is 28.8 Å². The van der Waals surface area contributed by atoms with Gasteiger partial charge in [0.1, 0.15) is 66.5 Å². The fourth-order valence-corrected chi connectivity index (χ4v) is 12.7. The minimum atomic E-state index is -1.69. The summed E-state index contributed by atoms with van der Waals surface area (Å²) >= 11 is 1.22. The summed E-state index contributed by atoms with van der Waals surface area (Å²) in [6, 6.07) is -14.8. The van der Waals surface area contributed by atoms with Gasteiger partial charge < -0.3 is 70.5 Å². The molecule has 1 aliphatic rings. The Kier molecular flexibility index (Phi) is 36.3. The van der Waals surface area contributed by atoms with Gasteiger partial charge in [-0.15, -0.1) is 0 Å². The van der Waals surface area contributed by atoms with Crippen molar-refractivity contribution in [1.82, 2.24) is 55.6 Å². The number of likely N-dealkylation sites (N-methyl/N-ethyl adjacent to an activating group) is 7. The van der Waals surface area contributed by atoms with E-state index in [9.17, 15) is 39.0 Å². The molecule has 95 heavy (non-hydrogen) atoms. The lowest BCUT2D eigenvalue weighted by Crippen LogP contribution is -2.64. The first-order valence-corrected chi connectivity index (χ1v) is 34.8. The number of nitrogens with zero attached hydrogens (tertiary/aromatic N) is 7. The van der Waals surface area contributed by atoms with E-state index in [4.69, 9.17) is 4.74 Å². The summed E-state index contributed by atoms with van der Waals surface area (Å²) < 4.78 is 4.82. The Labute approximate surface area is 571 Å². The highest BCUT2D eigenvalue weighted by molar-refractivity contribution is 7.99. The van der Waals surface area contributed by atoms with Crippen LogP contribution in [0, 0.1) is 35.5 Å². The summed E-state index contributed by atoms with van der Waals surface area (Å²) in [6.45, 7) is 28.6. The number of aliphatic hydroxyl groups excluding tert-OH is 1. The zero-order valence-corrected chi connectivity index (χ0v) is 62.7. The predicted octanol–water partition coefficient (Wildman–Crippen LogP) is 3.44. The summed E-state index contributed by atoms with van der Waals surface area (Å²) in [5, 5.41) is 34.6. The maximum atomic E-state index is 15.4. The number of esters is 1. The number of carbonyl (C=O) groups is 12. The third-order valence-corrected chi connectivity index (χ3v) is 18.7. The van der Waals surface area contributed by atoms with Gasteiger partial charge in [-0.3, -0.25) is 57.5 Å². The van der Waals surface area contributed by atoms with Crippen LogP contribution in [0.25, 0.3) is 0 Å². The molecular weight excluding hydrogens is 1240 g/mol. The molecular formula is C68H121N11O15S. The molecule has 0 aromatic heterocycles. The number of rotatable bonds is 21. The second kappa shape index (κ2) is 39.8. The molecule has 1 rings (SSSR count). The first-order valence-electron chi connectivity index (χ1n) is 33.6. The van der Waals surface area contributed by atoms with Gasteiger partial charge in [0.05, 0.1) is 18.8 Å². The van der Waals surface area contributed by atoms with E-state index < -0.39 is 167 Å². The predicted molar refractivity (Wildman–Crippen MR) is 367 cm³/mol. The minimum absolute atomic E-state index is 0.0525. The fourth-order valence-electron chi connectivity index (χ4n) is 11.6. The first kappa shape index (κ1) is 86.7. The van der Waals surface area contributed by atoms with E-state index in [0.29, 0.717) is 12.2 Å². The van der Waals surface area contributed by atoms with Crippen LogP contribution >= 0.6 is 11.8 Å². The molecule has 0 aromatic rings. The Morgan fingerprint density at radius 3 is 1.46 bits per heavy atom. The van der Waals surface area contributed by atoms with E-state index in [0.717, 1.165) is 14.7 Å². The summed E-state index contributed by atoms with van der Waals surface area (Å²) in [5.74, 6) is -11.0. The van der Waals surface area contributed by atoms with Gasteiger partial charge in [-0.25, -0.2) is 0 Å². The lowest BCUT2D eigenvalue weighted by molar-refractivity contribution is -0.157. The van der Waals surface area contributed by atoms with Crippen molar-refractivity contribution in [3.63, 3.8) is 0 Å². The maximum absolute atomic E-state index is 15.4. The Morgan fingerprint density at radius 2 is 0.989 bits per heavy atom. The number of aliphatic hydroxyl groups is 2. The van der Waals surface area contributed by atoms with Gasteiger partial charge in [0.25, 0.3) is 0 Å². The van der Waals surface area contributed by atoms with Crippen LogP contribution in [0.1, 0.15) is 169 Å². The van der Waals surface area contributed by atoms with E-state index in [1.165, 1.54) is 115 Å². The van der Waals surface area contributed by atoms with Gasteiger partial charge in [-0.1, -0.05) is 95.2 Å². The lowest BCUT2D eigenvalue weighted by Gasteiger charge is -2.41. The van der Waals surface area contributed by atoms with E-state index in [-0.39, 0.29) is 68.5 Å². The van der Waals surface area contributed by atoms with Crippen molar-refractivity contribution in [3.05, 3.63) is 12.2 Å². The van der Waals surface area contributed by atoms with Gasteiger partial charge in [0.2, 0.25) is 65.0 Å². The number of hydrogen-bond donors (Lipinski definition) is 6. The highest BCUT2D eigenvalue weighted by Gasteiger charge is 2.47. The van der Waals surface area contributed by atoms with Crippen LogP contribution in [-0.4, -0.2) is 262 Å². The summed E-state index contributed by atoms with van der Waals surface area (Å²) in [7, 11) is 10.9. The average molecular weight is 1360 g/mol. The molecule has 0 spiro atoms. The molecule has 1 fully saturated rings. The Bertz CT molecular complexity index is 2630. The van der Waals surface area contributed by atoms with Crippen LogP contribution in [0.5, 0.6) is 0 Å². The van der Waals surface area contributed by atoms with Crippen LogP contribution in [0.2, 0.25) is 0 Å². The smallest absolute Gasteiger partial charge is 0.305 e. The van der Waals surface area contributed by atoms with Crippen molar-refractivity contribution in [1.29, 1.82) is 0 Å². The minimum Gasteiger partial charge on any atom is -0.469 e. The van der Waals surface area contributed by atoms with Crippen molar-refractivity contribution in [2.45, 2.75) is 247 Å². The summed E-state index contributed by atoms with van der Waals surface area (Å²) in [5.41, 5.74) is -1.62. The van der Waals surface area contributed by atoms with Crippen LogP contribution < -0.4 is 21.3 Å². The molecule has 0 aliphatic carbocycles. The molecule has 6 N–H and O–H groups in total. The van der Waals surface area contributed by atoms with Gasteiger partial charge in [-0.05, 0) is 114 Å². The molecule has 0 radical (unpaired) electrons. The lowest BCUT2D eigenvalue weighted by atomic mass is 9.91. The standard InChI is InChI=1S/C68H121N11O15S/c1-26-28-30-43(13)56(81)55-60(85)71-46(27-2)62(87)77(22)51(37-95-32-29-31-52(80)94-25)65(90)76(21)50(36-68(16,17)93)59(84)72-53(41(9)10)66(91)73(18)47(33-38(3)4)58(83)69-44(14)57(82)70-45(15)61(86)74(19)48(34-39(5)6)63(88)75(20)49(35-40(7)8)64(89)78(23)54(42(11)12)67(92)79(55)24/h26,28,38-51,53-56,81,93H,27,29-37H2,1-25H3,(H,69,83)(H,70,82)(H,71,85)(H,72,84)/b28-26+/t43-,44+,45-,46+,47+,48+,49+,50+,51-,53+,54+,55+,56-/m1/s1. The van der Waals surface area contributed by atoms with Gasteiger partial charge in [-0.2, -0.15) is 11.8 Å². The largest absolute Gasteiger partial charge is 0.469 e. The van der Waals surface area contributed by atoms with Crippen LogP contribution in [0.3, 0.4) is 0 Å². The van der Waals surface area contributed by atoms with Crippen molar-refractivity contribution in [3.8, 4) is 0 Å². The first-order chi connectivity index (χ1) is 43.9. The number of ether oxygens (including phenoxy) is 1. The molecule has 0 unspecified atom stereocenters. The molecule has 13 atom stereocenters. The highest BCUT2D eigenvalue weighted by atomic mass is 32.2. The number of hydrogen-bond acceptors (Lipinski definition) is 16. The van der Waals surface area contributed by atoms with Crippen molar-refractivity contribution in [2.75, 3.05) is 67.9 Å². The second-order valence-electron chi connectivity index (χ2n) is 28.4. The third-order valence-electron chi connectivity index (χ3n) is 17.6. The normalized spacial score (nSPS) is 26.2. The molecule has 0 aromatic carbocycles. The molecule has 26 nitrogen and oxygen atoms in total. The fraction of sp³-hybridized carbons (Fsp3) is 0.794. The number of carbonyl (C=O) groups excluding carboxylic acids is 12. The second-order valence-corrected chi connectivity index (χ2v) is 29.6. The summed E-state index contributed by atoms with van der Waals surface area (Å²) in [4.78, 5) is 184. The SMILES string of the molecule is C/C=C/C[C@@H](C)[C@@H](O)[C@H]1C(=O)N[C@@H](CC)C(=O)N(C)[C@H](CSCCCC(=O)OC)C(=O)N(C)[C@@H](CC(C)(C)O)C(=O)N[C@@H](C(C)C)C(=O)N(C)[C@@H](CC(C)C)C(=O)N[C@@H](C)C(=O)N[C@H](C)C(=O)N(C)[C@@H](CC(C)C)C(=O)N(C)[C@@H](CC(C)C)C(=O)N(C)[C@@H](C(C)C)C(=O)N1C. The molecule has 1 saturated heterocycles. The Balaban J connectivity index is 4.58. The zero-order valence-electron chi connectivity index (χ0n) is 61.9. The van der Waals surface area contributed by atoms with Crippen LogP contribution in [0.4, 0.5) is 0 Å². The van der Waals surface area contributed by atoms with Crippen LogP contribution in [-0.2, 0) is 62.3 Å². The van der Waals surface area contributed by atoms with Gasteiger partial charge in [0, 0.05) is 67.9 Å². The number of allylic oxidation sites excluding steroid dienone is 2. The van der Waals surface area contributed by atoms with Gasteiger partial charge in [0.15, 0.2) is 0 Å². The molecule has 1 heterocycles. The molecule has 11 amide bonds. The maximum Gasteiger partial charge on any atom is 0.305 e. The van der Waals surface area contributed by atoms with Crippen molar-refractivity contribution in [2.24, 2.45) is 35.5 Å². The molecule has 1 aliphatic heterocycles. The number of nitrogens with one attached hydrogen (secondary N) is 4. The van der Waals surface area contributed by atoms with Crippen LogP contribution in [0.15, 0.2) is 12.2 Å². The highest BCUT2D eigenvalue weighted by Crippen LogP contribution is 2.27. The van der Waals surface area contributed by atoms with Crippen molar-refractivity contribution < 1.29 is 72.5 Å². The summed E-state index contributed by atoms with van der Waals surface area (Å²) in [6.07, 6.45) is 2.52. The zero-order chi connectivity index (χ0) is 73.6. The monoisotopic (exact) mass is 1360 g/mol. The molecule has 0 bridgehead atoms. The van der Waals surface area contributed by atoms with Crippen molar-refractivity contribution >= 4 is 82.7 Å². The Hall–Kier alpha value is -6.35. The average Bonchev–Trinajstić information content (AvgIpc) is 0.811. The molecule has 544 valence electrons. The van der Waals surface area contributed by atoms with E-state index in [1.807, 2.05) is 41.5 Å². The van der Waals surface area contributed by atoms with Gasteiger partial charge >= 0.3 is 5.97 Å². The molecule has 27 heteroatoms. The number of amides is 11. The number of thioether (sulfide) groups is 1. The topological polar surface area (TPSA) is 325 Å². The molecule has 0 saturated carbocycles.